The van der Waals surface area contributed by atoms with E-state index in [0.717, 1.165) is 23.7 Å². The standard InChI is InChI=1S/C14H28/c1-5-7-8-11(3)14-12(4)9-10-13(14)6-2/h11-14H,5-10H2,1-4H3. The second-order valence-corrected chi connectivity index (χ2v) is 5.42. The first-order valence-electron chi connectivity index (χ1n) is 6.70. The topological polar surface area (TPSA) is 0 Å². The Hall–Kier alpha value is 0. The molecule has 1 aliphatic carbocycles. The van der Waals surface area contributed by atoms with Crippen molar-refractivity contribution in [3.8, 4) is 0 Å². The van der Waals surface area contributed by atoms with E-state index in [1.165, 1.54) is 38.5 Å². The van der Waals surface area contributed by atoms with Gasteiger partial charge in [-0.25, -0.2) is 0 Å². The Morgan fingerprint density at radius 3 is 2.50 bits per heavy atom. The van der Waals surface area contributed by atoms with Gasteiger partial charge in [0.15, 0.2) is 0 Å². The highest BCUT2D eigenvalue weighted by atomic mass is 14.4. The fraction of sp³-hybridized carbons (Fsp3) is 1.00. The highest BCUT2D eigenvalue weighted by molar-refractivity contribution is 4.84. The highest BCUT2D eigenvalue weighted by Crippen LogP contribution is 2.44. The minimum absolute atomic E-state index is 0.970. The van der Waals surface area contributed by atoms with E-state index in [0.29, 0.717) is 0 Å². The Morgan fingerprint density at radius 1 is 1.21 bits per heavy atom. The Kier molecular flexibility index (Phi) is 4.98. The van der Waals surface area contributed by atoms with Gasteiger partial charge >= 0.3 is 0 Å². The molecule has 84 valence electrons. The molecule has 0 nitrogen and oxygen atoms in total. The molecule has 0 aromatic carbocycles. The molecule has 14 heavy (non-hydrogen) atoms. The van der Waals surface area contributed by atoms with Crippen molar-refractivity contribution in [3.05, 3.63) is 0 Å². The van der Waals surface area contributed by atoms with Gasteiger partial charge in [-0.2, -0.15) is 0 Å². The summed E-state index contributed by atoms with van der Waals surface area (Å²) in [5.74, 6) is 4.03. The first-order valence-corrected chi connectivity index (χ1v) is 6.70. The molecule has 0 saturated heterocycles. The summed E-state index contributed by atoms with van der Waals surface area (Å²) in [7, 11) is 0. The fourth-order valence-electron chi connectivity index (χ4n) is 3.55. The molecule has 4 atom stereocenters. The number of unbranched alkanes of at least 4 members (excludes halogenated alkanes) is 1. The van der Waals surface area contributed by atoms with Crippen LogP contribution in [0.5, 0.6) is 0 Å². The molecule has 0 amide bonds. The molecular weight excluding hydrogens is 168 g/mol. The Labute approximate surface area is 90.5 Å². The highest BCUT2D eigenvalue weighted by Gasteiger charge is 2.35. The van der Waals surface area contributed by atoms with E-state index >= 15 is 0 Å². The summed E-state index contributed by atoms with van der Waals surface area (Å²) in [5, 5.41) is 0. The zero-order valence-corrected chi connectivity index (χ0v) is 10.6. The van der Waals surface area contributed by atoms with Crippen molar-refractivity contribution in [1.29, 1.82) is 0 Å². The molecule has 0 aromatic heterocycles. The lowest BCUT2D eigenvalue weighted by Gasteiger charge is -2.28. The predicted molar refractivity (Wildman–Crippen MR) is 64.4 cm³/mol. The third kappa shape index (κ3) is 2.74. The molecule has 0 spiro atoms. The van der Waals surface area contributed by atoms with Gasteiger partial charge in [0.05, 0.1) is 0 Å². The first kappa shape index (κ1) is 12.1. The molecule has 4 unspecified atom stereocenters. The largest absolute Gasteiger partial charge is 0.0654 e. The second kappa shape index (κ2) is 5.78. The average Bonchev–Trinajstić information content (AvgIpc) is 2.56. The van der Waals surface area contributed by atoms with Crippen molar-refractivity contribution in [2.24, 2.45) is 23.7 Å². The Balaban J connectivity index is 2.45. The Morgan fingerprint density at radius 2 is 1.93 bits per heavy atom. The van der Waals surface area contributed by atoms with Gasteiger partial charge < -0.3 is 0 Å². The van der Waals surface area contributed by atoms with E-state index in [2.05, 4.69) is 27.7 Å². The molecule has 1 rings (SSSR count). The molecule has 1 fully saturated rings. The van der Waals surface area contributed by atoms with E-state index in [4.69, 9.17) is 0 Å². The van der Waals surface area contributed by atoms with Gasteiger partial charge in [-0.15, -0.1) is 0 Å². The van der Waals surface area contributed by atoms with E-state index in [9.17, 15) is 0 Å². The van der Waals surface area contributed by atoms with Crippen molar-refractivity contribution in [2.75, 3.05) is 0 Å². The summed E-state index contributed by atoms with van der Waals surface area (Å²) in [6.07, 6.45) is 8.65. The van der Waals surface area contributed by atoms with Crippen molar-refractivity contribution in [2.45, 2.75) is 66.2 Å². The van der Waals surface area contributed by atoms with Gasteiger partial charge in [0, 0.05) is 0 Å². The second-order valence-electron chi connectivity index (χ2n) is 5.42. The van der Waals surface area contributed by atoms with Gasteiger partial charge in [-0.1, -0.05) is 59.8 Å². The van der Waals surface area contributed by atoms with Crippen molar-refractivity contribution >= 4 is 0 Å². The van der Waals surface area contributed by atoms with Crippen LogP contribution >= 0.6 is 0 Å². The normalized spacial score (nSPS) is 34.7. The molecule has 0 bridgehead atoms. The fourth-order valence-corrected chi connectivity index (χ4v) is 3.55. The lowest BCUT2D eigenvalue weighted by atomic mass is 9.77. The smallest absolute Gasteiger partial charge is 0.0334 e. The van der Waals surface area contributed by atoms with Crippen molar-refractivity contribution < 1.29 is 0 Å². The summed E-state index contributed by atoms with van der Waals surface area (Å²) < 4.78 is 0. The zero-order valence-electron chi connectivity index (χ0n) is 10.6. The number of hydrogen-bond donors (Lipinski definition) is 0. The van der Waals surface area contributed by atoms with Crippen LogP contribution in [0.25, 0.3) is 0 Å². The van der Waals surface area contributed by atoms with E-state index in [1.807, 2.05) is 0 Å². The zero-order chi connectivity index (χ0) is 10.6. The molecule has 0 heterocycles. The molecule has 0 radical (unpaired) electrons. The third-order valence-corrected chi connectivity index (χ3v) is 4.39. The lowest BCUT2D eigenvalue weighted by molar-refractivity contribution is 0.210. The maximum atomic E-state index is 2.49. The third-order valence-electron chi connectivity index (χ3n) is 4.39. The van der Waals surface area contributed by atoms with Crippen LogP contribution in [0.2, 0.25) is 0 Å². The maximum Gasteiger partial charge on any atom is -0.0334 e. The van der Waals surface area contributed by atoms with Crippen molar-refractivity contribution in [3.63, 3.8) is 0 Å². The van der Waals surface area contributed by atoms with Gasteiger partial charge in [0.2, 0.25) is 0 Å². The van der Waals surface area contributed by atoms with Crippen LogP contribution < -0.4 is 0 Å². The minimum Gasteiger partial charge on any atom is -0.0654 e. The van der Waals surface area contributed by atoms with Crippen LogP contribution in [0.4, 0.5) is 0 Å². The van der Waals surface area contributed by atoms with Gasteiger partial charge in [-0.05, 0) is 30.1 Å². The maximum absolute atomic E-state index is 2.49. The molecule has 1 saturated carbocycles. The number of hydrogen-bond acceptors (Lipinski definition) is 0. The van der Waals surface area contributed by atoms with Gasteiger partial charge in [-0.3, -0.25) is 0 Å². The van der Waals surface area contributed by atoms with Crippen LogP contribution in [-0.4, -0.2) is 0 Å². The monoisotopic (exact) mass is 196 g/mol. The molecule has 0 aromatic rings. The van der Waals surface area contributed by atoms with E-state index in [1.54, 1.807) is 0 Å². The molecule has 0 N–H and O–H groups in total. The molecular formula is C14H28. The van der Waals surface area contributed by atoms with Crippen LogP contribution in [0.15, 0.2) is 0 Å². The summed E-state index contributed by atoms with van der Waals surface area (Å²) in [6.45, 7) is 9.65. The molecule has 0 aliphatic heterocycles. The summed E-state index contributed by atoms with van der Waals surface area (Å²) in [4.78, 5) is 0. The van der Waals surface area contributed by atoms with Crippen LogP contribution in [0, 0.1) is 23.7 Å². The SMILES string of the molecule is CCCCC(C)C1C(C)CCC1CC. The average molecular weight is 196 g/mol. The quantitative estimate of drug-likeness (QED) is 0.587. The van der Waals surface area contributed by atoms with Gasteiger partial charge in [0.1, 0.15) is 0 Å². The summed E-state index contributed by atoms with van der Waals surface area (Å²) in [6, 6.07) is 0. The van der Waals surface area contributed by atoms with Crippen molar-refractivity contribution in [1.82, 2.24) is 0 Å². The number of rotatable bonds is 5. The summed E-state index contributed by atoms with van der Waals surface area (Å²) in [5.41, 5.74) is 0. The van der Waals surface area contributed by atoms with Crippen LogP contribution in [0.1, 0.15) is 66.2 Å². The predicted octanol–water partition coefficient (Wildman–Crippen LogP) is 4.89. The minimum atomic E-state index is 0.970. The van der Waals surface area contributed by atoms with E-state index in [-0.39, 0.29) is 0 Å². The first-order chi connectivity index (χ1) is 6.70. The van der Waals surface area contributed by atoms with E-state index < -0.39 is 0 Å². The van der Waals surface area contributed by atoms with Crippen LogP contribution in [-0.2, 0) is 0 Å². The van der Waals surface area contributed by atoms with Gasteiger partial charge in [0.25, 0.3) is 0 Å². The van der Waals surface area contributed by atoms with Crippen LogP contribution in [0.3, 0.4) is 0 Å². The Bertz CT molecular complexity index is 150. The molecule has 1 aliphatic rings. The molecule has 0 heteroatoms. The summed E-state index contributed by atoms with van der Waals surface area (Å²) >= 11 is 0. The lowest BCUT2D eigenvalue weighted by Crippen LogP contribution is -2.21.